The normalized spacial score (nSPS) is 13.0. The van der Waals surface area contributed by atoms with Crippen LogP contribution in [0.2, 0.25) is 0 Å². The van der Waals surface area contributed by atoms with Gasteiger partial charge in [0.25, 0.3) is 0 Å². The lowest BCUT2D eigenvalue weighted by atomic mass is 10.1. The molecule has 2 aromatic rings. The Morgan fingerprint density at radius 1 is 1.10 bits per heavy atom. The Morgan fingerprint density at radius 2 is 1.81 bits per heavy atom. The smallest absolute Gasteiger partial charge is 0.219 e. The van der Waals surface area contributed by atoms with Crippen molar-refractivity contribution in [3.63, 3.8) is 0 Å². The minimum absolute atomic E-state index is 0.0425. The minimum Gasteiger partial charge on any atom is -0.439 e. The van der Waals surface area contributed by atoms with E-state index >= 15 is 0 Å². The number of ether oxygens (including phenoxy) is 1. The fourth-order valence-electron chi connectivity index (χ4n) is 1.79. The fourth-order valence-corrected chi connectivity index (χ4v) is 1.79. The van der Waals surface area contributed by atoms with Crippen LogP contribution in [0.4, 0.5) is 0 Å². The molecule has 0 unspecified atom stereocenters. The van der Waals surface area contributed by atoms with E-state index in [2.05, 4.69) is 31.1 Å². The second-order valence-electron chi connectivity index (χ2n) is 5.96. The molecule has 1 heterocycles. The Labute approximate surface area is 125 Å². The third kappa shape index (κ3) is 5.17. The van der Waals surface area contributed by atoms with Gasteiger partial charge in [-0.1, -0.05) is 24.3 Å². The summed E-state index contributed by atoms with van der Waals surface area (Å²) in [5.74, 6) is 1.21. The SMILES string of the molecule is CC(C)(C)NC[C@H](O)c1cccc(Oc2ccccc2)n1. The van der Waals surface area contributed by atoms with Crippen LogP contribution in [0.3, 0.4) is 0 Å². The molecule has 4 heteroatoms. The zero-order chi connectivity index (χ0) is 15.3. The van der Waals surface area contributed by atoms with Crippen molar-refractivity contribution in [2.45, 2.75) is 32.4 Å². The van der Waals surface area contributed by atoms with Crippen LogP contribution >= 0.6 is 0 Å². The molecule has 0 aliphatic rings. The first kappa shape index (κ1) is 15.5. The molecule has 1 aromatic heterocycles. The van der Waals surface area contributed by atoms with Gasteiger partial charge in [-0.2, -0.15) is 0 Å². The average Bonchev–Trinajstić information content (AvgIpc) is 2.45. The molecule has 0 saturated carbocycles. The Hall–Kier alpha value is -1.91. The highest BCUT2D eigenvalue weighted by Gasteiger charge is 2.15. The third-order valence-electron chi connectivity index (χ3n) is 2.88. The van der Waals surface area contributed by atoms with E-state index in [4.69, 9.17) is 4.74 Å². The molecule has 0 aliphatic heterocycles. The van der Waals surface area contributed by atoms with Gasteiger partial charge in [0.2, 0.25) is 5.88 Å². The molecule has 0 radical (unpaired) electrons. The van der Waals surface area contributed by atoms with Crippen LogP contribution < -0.4 is 10.1 Å². The Balaban J connectivity index is 2.03. The zero-order valence-corrected chi connectivity index (χ0v) is 12.7. The molecule has 0 aliphatic carbocycles. The number of hydrogen-bond acceptors (Lipinski definition) is 4. The van der Waals surface area contributed by atoms with Crippen LogP contribution in [-0.4, -0.2) is 22.2 Å². The molecule has 1 aromatic carbocycles. The monoisotopic (exact) mass is 286 g/mol. The van der Waals surface area contributed by atoms with Crippen molar-refractivity contribution < 1.29 is 9.84 Å². The highest BCUT2D eigenvalue weighted by molar-refractivity contribution is 5.27. The Bertz CT molecular complexity index is 565. The summed E-state index contributed by atoms with van der Waals surface area (Å²) in [6.07, 6.45) is -0.663. The van der Waals surface area contributed by atoms with Crippen molar-refractivity contribution in [3.8, 4) is 11.6 Å². The van der Waals surface area contributed by atoms with E-state index in [-0.39, 0.29) is 5.54 Å². The first-order chi connectivity index (χ1) is 9.94. The van der Waals surface area contributed by atoms with E-state index in [9.17, 15) is 5.11 Å². The average molecular weight is 286 g/mol. The number of hydrogen-bond donors (Lipinski definition) is 2. The molecule has 0 saturated heterocycles. The molecule has 0 fully saturated rings. The molecular weight excluding hydrogens is 264 g/mol. The number of para-hydroxylation sites is 1. The molecular formula is C17H22N2O2. The zero-order valence-electron chi connectivity index (χ0n) is 12.7. The molecule has 0 amide bonds. The van der Waals surface area contributed by atoms with Crippen molar-refractivity contribution in [2.24, 2.45) is 0 Å². The predicted molar refractivity (Wildman–Crippen MR) is 83.5 cm³/mol. The van der Waals surface area contributed by atoms with E-state index in [1.165, 1.54) is 0 Å². The van der Waals surface area contributed by atoms with Gasteiger partial charge in [0, 0.05) is 18.2 Å². The molecule has 0 bridgehead atoms. The van der Waals surface area contributed by atoms with Crippen LogP contribution in [0, 0.1) is 0 Å². The number of aliphatic hydroxyl groups is 1. The second kappa shape index (κ2) is 6.70. The van der Waals surface area contributed by atoms with E-state index in [0.29, 0.717) is 18.1 Å². The lowest BCUT2D eigenvalue weighted by molar-refractivity contribution is 0.158. The summed E-state index contributed by atoms with van der Waals surface area (Å²) >= 11 is 0. The lowest BCUT2D eigenvalue weighted by Crippen LogP contribution is -2.38. The lowest BCUT2D eigenvalue weighted by Gasteiger charge is -2.22. The molecule has 21 heavy (non-hydrogen) atoms. The first-order valence-corrected chi connectivity index (χ1v) is 7.07. The summed E-state index contributed by atoms with van der Waals surface area (Å²) in [4.78, 5) is 4.36. The minimum atomic E-state index is -0.663. The first-order valence-electron chi connectivity index (χ1n) is 7.07. The van der Waals surface area contributed by atoms with Crippen LogP contribution in [0.15, 0.2) is 48.5 Å². The van der Waals surface area contributed by atoms with Gasteiger partial charge in [-0.05, 0) is 39.0 Å². The van der Waals surface area contributed by atoms with Gasteiger partial charge in [-0.3, -0.25) is 0 Å². The third-order valence-corrected chi connectivity index (χ3v) is 2.88. The Morgan fingerprint density at radius 3 is 2.48 bits per heavy atom. The quantitative estimate of drug-likeness (QED) is 0.885. The van der Waals surface area contributed by atoms with Gasteiger partial charge in [0.15, 0.2) is 0 Å². The van der Waals surface area contributed by atoms with E-state index in [1.54, 1.807) is 12.1 Å². The predicted octanol–water partition coefficient (Wildman–Crippen LogP) is 3.30. The van der Waals surface area contributed by atoms with Crippen molar-refractivity contribution in [2.75, 3.05) is 6.54 Å². The molecule has 2 rings (SSSR count). The van der Waals surface area contributed by atoms with Crippen LogP contribution in [0.25, 0.3) is 0 Å². The molecule has 1 atom stereocenters. The van der Waals surface area contributed by atoms with Gasteiger partial charge in [0.05, 0.1) is 5.69 Å². The van der Waals surface area contributed by atoms with Gasteiger partial charge in [-0.25, -0.2) is 4.98 Å². The number of nitrogens with zero attached hydrogens (tertiary/aromatic N) is 1. The summed E-state index contributed by atoms with van der Waals surface area (Å²) in [5, 5.41) is 13.5. The second-order valence-corrected chi connectivity index (χ2v) is 5.96. The topological polar surface area (TPSA) is 54.4 Å². The number of nitrogens with one attached hydrogen (secondary N) is 1. The van der Waals surface area contributed by atoms with Crippen molar-refractivity contribution in [3.05, 3.63) is 54.2 Å². The van der Waals surface area contributed by atoms with Crippen LogP contribution in [-0.2, 0) is 0 Å². The van der Waals surface area contributed by atoms with Gasteiger partial charge >= 0.3 is 0 Å². The van der Waals surface area contributed by atoms with Gasteiger partial charge in [-0.15, -0.1) is 0 Å². The number of rotatable bonds is 5. The maximum atomic E-state index is 10.2. The number of aromatic nitrogens is 1. The highest BCUT2D eigenvalue weighted by Crippen LogP contribution is 2.20. The van der Waals surface area contributed by atoms with Crippen molar-refractivity contribution >= 4 is 0 Å². The van der Waals surface area contributed by atoms with Crippen molar-refractivity contribution in [1.82, 2.24) is 10.3 Å². The van der Waals surface area contributed by atoms with E-state index in [1.807, 2.05) is 36.4 Å². The maximum Gasteiger partial charge on any atom is 0.219 e. The number of pyridine rings is 1. The largest absolute Gasteiger partial charge is 0.439 e. The molecule has 2 N–H and O–H groups in total. The van der Waals surface area contributed by atoms with E-state index < -0.39 is 6.10 Å². The maximum absolute atomic E-state index is 10.2. The van der Waals surface area contributed by atoms with Crippen molar-refractivity contribution in [1.29, 1.82) is 0 Å². The summed E-state index contributed by atoms with van der Waals surface area (Å²) in [7, 11) is 0. The number of benzene rings is 1. The van der Waals surface area contributed by atoms with Gasteiger partial charge in [0.1, 0.15) is 11.9 Å². The number of aliphatic hydroxyl groups excluding tert-OH is 1. The number of β-amino-alcohol motifs (C(OH)–C–C–N with tert-alkyl or cyclic N) is 1. The summed E-state index contributed by atoms with van der Waals surface area (Å²) < 4.78 is 5.67. The summed E-state index contributed by atoms with van der Waals surface area (Å²) in [5.41, 5.74) is 0.555. The molecule has 112 valence electrons. The molecule has 4 nitrogen and oxygen atoms in total. The summed E-state index contributed by atoms with van der Waals surface area (Å²) in [6.45, 7) is 6.62. The standard InChI is InChI=1S/C17H22N2O2/c1-17(2,3)18-12-15(20)14-10-7-11-16(19-14)21-13-8-5-4-6-9-13/h4-11,15,18,20H,12H2,1-3H3/t15-/m0/s1. The van der Waals surface area contributed by atoms with Crippen LogP contribution in [0.1, 0.15) is 32.6 Å². The Kier molecular flexibility index (Phi) is 4.94. The summed E-state index contributed by atoms with van der Waals surface area (Å²) in [6, 6.07) is 14.9. The van der Waals surface area contributed by atoms with E-state index in [0.717, 1.165) is 5.75 Å². The highest BCUT2D eigenvalue weighted by atomic mass is 16.5. The van der Waals surface area contributed by atoms with Gasteiger partial charge < -0.3 is 15.2 Å². The van der Waals surface area contributed by atoms with Crippen LogP contribution in [0.5, 0.6) is 11.6 Å². The fraction of sp³-hybridized carbons (Fsp3) is 0.353. The molecule has 0 spiro atoms.